The van der Waals surface area contributed by atoms with Crippen molar-refractivity contribution in [3.63, 3.8) is 0 Å². The fourth-order valence-corrected chi connectivity index (χ4v) is 10.1. The molecule has 16 heteroatoms. The maximum Gasteiger partial charge on any atom is 0.161 e. The first-order valence-electron chi connectivity index (χ1n) is 20.6. The van der Waals surface area contributed by atoms with Crippen LogP contribution in [0.5, 0.6) is 34.5 Å². The quantitative estimate of drug-likeness (QED) is 0.281. The molecule has 0 saturated carbocycles. The number of rotatable bonds is 3. The van der Waals surface area contributed by atoms with E-state index >= 15 is 0 Å². The van der Waals surface area contributed by atoms with E-state index in [2.05, 4.69) is 42.9 Å². The van der Waals surface area contributed by atoms with Gasteiger partial charge in [-0.1, -0.05) is 24.7 Å². The summed E-state index contributed by atoms with van der Waals surface area (Å²) in [7, 11) is -2.95. The Balaban J connectivity index is 1.38. The molecule has 0 amide bonds. The largest absolute Gasteiger partial charge is 0.487 e. The van der Waals surface area contributed by atoms with Crippen molar-refractivity contribution in [2.45, 2.75) is 6.55 Å². The SMILES string of the molecule is C[Si](c1ccc2c(c1)OCCOCCOCCOCCO2)(c1ccc2c(c1)OCCOCCOCCOCCO2)c1ccc2c(c1)OCCOCCOCCOCCO2. The fourth-order valence-electron chi connectivity index (χ4n) is 6.54. The van der Waals surface area contributed by atoms with E-state index in [9.17, 15) is 0 Å². The van der Waals surface area contributed by atoms with Crippen LogP contribution in [0.1, 0.15) is 0 Å². The van der Waals surface area contributed by atoms with Crippen molar-refractivity contribution in [1.29, 1.82) is 0 Å². The summed E-state index contributed by atoms with van der Waals surface area (Å²) in [5, 5.41) is 3.19. The van der Waals surface area contributed by atoms with Gasteiger partial charge in [-0.3, -0.25) is 0 Å². The number of hydrogen-bond donors (Lipinski definition) is 0. The van der Waals surface area contributed by atoms with Crippen molar-refractivity contribution < 1.29 is 71.1 Å². The van der Waals surface area contributed by atoms with E-state index < -0.39 is 8.07 Å². The molecular weight excluding hydrogens is 785 g/mol. The lowest BCUT2D eigenvalue weighted by molar-refractivity contribution is 0.00708. The molecule has 0 atom stereocenters. The standard InChI is InChI=1S/C43H60O15Si/c1-59(35-2-5-38-41(32-35)56-29-23-50-17-11-44-8-14-47-20-26-53-38,36-3-6-39-42(33-36)57-30-24-51-18-12-45-9-15-48-21-27-54-39)37-4-7-40-43(34-37)58-31-25-52-19-13-46-10-16-49-22-28-55-40/h2-7,32-34H,8-31H2,1H3. The van der Waals surface area contributed by atoms with Crippen molar-refractivity contribution >= 4 is 23.6 Å². The highest BCUT2D eigenvalue weighted by Crippen LogP contribution is 2.32. The van der Waals surface area contributed by atoms with E-state index in [0.717, 1.165) is 15.6 Å². The average Bonchev–Trinajstić information content (AvgIpc) is 3.28. The molecular formula is C43H60O15Si. The lowest BCUT2D eigenvalue weighted by Crippen LogP contribution is -2.64. The summed E-state index contributed by atoms with van der Waals surface area (Å²) < 4.78 is 89.1. The van der Waals surface area contributed by atoms with Crippen LogP contribution in [-0.2, 0) is 42.6 Å². The molecule has 0 radical (unpaired) electrons. The third kappa shape index (κ3) is 14.5. The number of fused-ring (bicyclic) bond motifs is 3. The molecule has 0 unspecified atom stereocenters. The lowest BCUT2D eigenvalue weighted by atomic mass is 10.3. The molecule has 59 heavy (non-hydrogen) atoms. The van der Waals surface area contributed by atoms with Gasteiger partial charge in [0.25, 0.3) is 0 Å². The first-order valence-corrected chi connectivity index (χ1v) is 23.1. The zero-order chi connectivity index (χ0) is 40.6. The topological polar surface area (TPSA) is 138 Å². The molecule has 3 aliphatic rings. The lowest BCUT2D eigenvalue weighted by Gasteiger charge is -2.31. The second kappa shape index (κ2) is 25.8. The van der Waals surface area contributed by atoms with E-state index in [1.165, 1.54) is 0 Å². The highest BCUT2D eigenvalue weighted by atomic mass is 28.3. The molecule has 0 N–H and O–H groups in total. The van der Waals surface area contributed by atoms with Crippen LogP contribution >= 0.6 is 0 Å². The monoisotopic (exact) mass is 844 g/mol. The van der Waals surface area contributed by atoms with Crippen molar-refractivity contribution in [3.05, 3.63) is 54.6 Å². The Kier molecular flexibility index (Phi) is 19.6. The Labute approximate surface area is 348 Å². The summed E-state index contributed by atoms with van der Waals surface area (Å²) in [6.07, 6.45) is 0. The van der Waals surface area contributed by atoms with Gasteiger partial charge in [0.15, 0.2) is 34.5 Å². The van der Waals surface area contributed by atoms with Crippen LogP contribution in [-0.4, -0.2) is 167 Å². The summed E-state index contributed by atoms with van der Waals surface area (Å²) >= 11 is 0. The maximum atomic E-state index is 6.40. The minimum Gasteiger partial charge on any atom is -0.487 e. The normalized spacial score (nSPS) is 19.9. The van der Waals surface area contributed by atoms with Gasteiger partial charge >= 0.3 is 0 Å². The Morgan fingerprint density at radius 2 is 0.441 bits per heavy atom. The zero-order valence-electron chi connectivity index (χ0n) is 34.3. The van der Waals surface area contributed by atoms with Crippen LogP contribution in [0.15, 0.2) is 54.6 Å². The van der Waals surface area contributed by atoms with Gasteiger partial charge in [0.2, 0.25) is 0 Å². The van der Waals surface area contributed by atoms with E-state index in [-0.39, 0.29) is 0 Å². The fraction of sp³-hybridized carbons (Fsp3) is 0.581. The van der Waals surface area contributed by atoms with Gasteiger partial charge < -0.3 is 71.1 Å². The smallest absolute Gasteiger partial charge is 0.161 e. The number of ether oxygens (including phenoxy) is 15. The minimum absolute atomic E-state index is 0.332. The summed E-state index contributed by atoms with van der Waals surface area (Å²) in [5.74, 6) is 3.69. The summed E-state index contributed by atoms with van der Waals surface area (Å²) in [4.78, 5) is 0. The van der Waals surface area contributed by atoms with E-state index in [1.807, 2.05) is 18.2 Å². The van der Waals surface area contributed by atoms with E-state index in [4.69, 9.17) is 71.1 Å². The average molecular weight is 845 g/mol. The van der Waals surface area contributed by atoms with E-state index in [1.54, 1.807) is 0 Å². The zero-order valence-corrected chi connectivity index (χ0v) is 35.3. The Morgan fingerprint density at radius 3 is 0.661 bits per heavy atom. The van der Waals surface area contributed by atoms with Crippen LogP contribution in [0.4, 0.5) is 0 Å². The first kappa shape index (κ1) is 44.9. The molecule has 0 bridgehead atoms. The van der Waals surface area contributed by atoms with Crippen LogP contribution in [0.25, 0.3) is 0 Å². The first-order chi connectivity index (χ1) is 29.2. The van der Waals surface area contributed by atoms with Crippen LogP contribution in [0.3, 0.4) is 0 Å². The summed E-state index contributed by atoms with van der Waals surface area (Å²) in [6.45, 7) is 12.6. The maximum absolute atomic E-state index is 6.40. The predicted molar refractivity (Wildman–Crippen MR) is 220 cm³/mol. The Hall–Kier alpha value is -3.68. The third-order valence-corrected chi connectivity index (χ3v) is 14.1. The van der Waals surface area contributed by atoms with Crippen molar-refractivity contribution in [1.82, 2.24) is 0 Å². The van der Waals surface area contributed by atoms with Gasteiger partial charge in [0.05, 0.1) is 119 Å². The molecule has 0 aromatic heterocycles. The van der Waals surface area contributed by atoms with Gasteiger partial charge in [-0.2, -0.15) is 0 Å². The van der Waals surface area contributed by atoms with Gasteiger partial charge in [-0.05, 0) is 52.0 Å². The van der Waals surface area contributed by atoms with Gasteiger partial charge in [0, 0.05) is 0 Å². The molecule has 0 saturated heterocycles. The van der Waals surface area contributed by atoms with Crippen LogP contribution in [0, 0.1) is 0 Å². The van der Waals surface area contributed by atoms with Gasteiger partial charge in [-0.15, -0.1) is 0 Å². The number of benzene rings is 3. The molecule has 3 aliphatic heterocycles. The molecule has 6 rings (SSSR count). The molecule has 0 spiro atoms. The molecule has 3 heterocycles. The third-order valence-electron chi connectivity index (χ3n) is 9.71. The van der Waals surface area contributed by atoms with E-state index in [0.29, 0.717) is 193 Å². The van der Waals surface area contributed by atoms with Crippen molar-refractivity contribution in [2.24, 2.45) is 0 Å². The molecule has 15 nitrogen and oxygen atoms in total. The molecule has 0 aliphatic carbocycles. The number of hydrogen-bond acceptors (Lipinski definition) is 15. The summed E-state index contributed by atoms with van der Waals surface area (Å²) in [5.41, 5.74) is 0. The van der Waals surface area contributed by atoms with Crippen molar-refractivity contribution in [3.8, 4) is 34.5 Å². The van der Waals surface area contributed by atoms with Crippen LogP contribution < -0.4 is 44.0 Å². The molecule has 3 aromatic carbocycles. The molecule has 326 valence electrons. The highest BCUT2D eigenvalue weighted by Gasteiger charge is 2.37. The second-order valence-electron chi connectivity index (χ2n) is 13.7. The van der Waals surface area contributed by atoms with Crippen molar-refractivity contribution in [2.75, 3.05) is 159 Å². The summed E-state index contributed by atoms with van der Waals surface area (Å²) in [6, 6.07) is 18.5. The molecule has 3 aromatic rings. The van der Waals surface area contributed by atoms with Gasteiger partial charge in [-0.25, -0.2) is 0 Å². The van der Waals surface area contributed by atoms with Gasteiger partial charge in [0.1, 0.15) is 47.7 Å². The second-order valence-corrected chi connectivity index (χ2v) is 17.7. The predicted octanol–water partition coefficient (Wildman–Crippen LogP) is 2.25. The van der Waals surface area contributed by atoms with Crippen LogP contribution in [0.2, 0.25) is 6.55 Å². The highest BCUT2D eigenvalue weighted by molar-refractivity contribution is 7.10. The Morgan fingerprint density at radius 1 is 0.254 bits per heavy atom. The minimum atomic E-state index is -2.95. The molecule has 0 fully saturated rings. The Bertz CT molecular complexity index is 1460.